The number of carbonyl (C=O) groups excluding carboxylic acids is 1. The van der Waals surface area contributed by atoms with Crippen molar-refractivity contribution in [3.63, 3.8) is 0 Å². The molecule has 0 bridgehead atoms. The summed E-state index contributed by atoms with van der Waals surface area (Å²) in [7, 11) is 0. The molecule has 0 saturated heterocycles. The fraction of sp³-hybridized carbons (Fsp3) is 0.600. The number of aromatic nitrogens is 1. The number of carbonyl (C=O) groups is 1. The first kappa shape index (κ1) is 11.7. The Morgan fingerprint density at radius 2 is 2.27 bits per heavy atom. The van der Waals surface area contributed by atoms with Gasteiger partial charge in [0.05, 0.1) is 5.69 Å². The second-order valence-corrected chi connectivity index (χ2v) is 3.58. The lowest BCUT2D eigenvalue weighted by molar-refractivity contribution is 0.0949. The van der Waals surface area contributed by atoms with E-state index in [4.69, 9.17) is 10.3 Å². The quantitative estimate of drug-likeness (QED) is 0.770. The van der Waals surface area contributed by atoms with Gasteiger partial charge in [-0.05, 0) is 20.3 Å². The highest BCUT2D eigenvalue weighted by molar-refractivity contribution is 5.96. The molecule has 1 unspecified atom stereocenters. The number of rotatable bonds is 4. The summed E-state index contributed by atoms with van der Waals surface area (Å²) in [6, 6.07) is -0.00516. The van der Waals surface area contributed by atoms with E-state index in [9.17, 15) is 4.79 Å². The Hall–Kier alpha value is -1.36. The number of nitrogens with two attached hydrogens (primary N) is 1. The Morgan fingerprint density at radius 3 is 2.73 bits per heavy atom. The minimum atomic E-state index is -0.171. The van der Waals surface area contributed by atoms with Crippen LogP contribution in [-0.4, -0.2) is 23.7 Å². The normalized spacial score (nSPS) is 12.5. The van der Waals surface area contributed by atoms with Crippen LogP contribution in [0.3, 0.4) is 0 Å². The first-order chi connectivity index (χ1) is 7.06. The zero-order valence-electron chi connectivity index (χ0n) is 9.33. The third-order valence-corrected chi connectivity index (χ3v) is 2.31. The number of nitrogens with one attached hydrogen (secondary N) is 1. The summed E-state index contributed by atoms with van der Waals surface area (Å²) in [5.41, 5.74) is 6.82. The van der Waals surface area contributed by atoms with Gasteiger partial charge in [0, 0.05) is 12.6 Å². The second-order valence-electron chi connectivity index (χ2n) is 3.58. The summed E-state index contributed by atoms with van der Waals surface area (Å²) in [6.45, 7) is 5.91. The molecule has 0 aliphatic rings. The maximum absolute atomic E-state index is 11.7. The van der Waals surface area contributed by atoms with E-state index in [1.807, 2.05) is 6.92 Å². The van der Waals surface area contributed by atoms with Gasteiger partial charge in [-0.3, -0.25) is 4.79 Å². The van der Waals surface area contributed by atoms with E-state index >= 15 is 0 Å². The second kappa shape index (κ2) is 4.93. The molecule has 3 N–H and O–H groups in total. The van der Waals surface area contributed by atoms with Gasteiger partial charge in [0.1, 0.15) is 11.3 Å². The van der Waals surface area contributed by atoms with Gasteiger partial charge in [-0.15, -0.1) is 0 Å². The van der Waals surface area contributed by atoms with E-state index in [1.165, 1.54) is 0 Å². The SMILES string of the molecule is CCC(N)CNC(=O)c1c(C)noc1C. The van der Waals surface area contributed by atoms with E-state index in [-0.39, 0.29) is 11.9 Å². The van der Waals surface area contributed by atoms with Crippen molar-refractivity contribution in [3.05, 3.63) is 17.0 Å². The van der Waals surface area contributed by atoms with Crippen LogP contribution in [0.15, 0.2) is 4.52 Å². The Morgan fingerprint density at radius 1 is 1.60 bits per heavy atom. The first-order valence-corrected chi connectivity index (χ1v) is 5.02. The van der Waals surface area contributed by atoms with Gasteiger partial charge in [-0.25, -0.2) is 0 Å². The largest absolute Gasteiger partial charge is 0.361 e. The van der Waals surface area contributed by atoms with Crippen molar-refractivity contribution in [1.82, 2.24) is 10.5 Å². The number of nitrogens with zero attached hydrogens (tertiary/aromatic N) is 1. The average Bonchev–Trinajstić information content (AvgIpc) is 2.54. The molecule has 5 heteroatoms. The third kappa shape index (κ3) is 2.79. The number of aryl methyl sites for hydroxylation is 2. The molecule has 0 aliphatic carbocycles. The molecule has 1 rings (SSSR count). The van der Waals surface area contributed by atoms with Gasteiger partial charge >= 0.3 is 0 Å². The Kier molecular flexibility index (Phi) is 3.85. The minimum Gasteiger partial charge on any atom is -0.361 e. The van der Waals surface area contributed by atoms with Crippen LogP contribution in [0, 0.1) is 13.8 Å². The predicted octanol–water partition coefficient (Wildman–Crippen LogP) is 0.759. The van der Waals surface area contributed by atoms with E-state index in [0.717, 1.165) is 6.42 Å². The van der Waals surface area contributed by atoms with Crippen molar-refractivity contribution >= 4 is 5.91 Å². The van der Waals surface area contributed by atoms with Crippen LogP contribution in [0.4, 0.5) is 0 Å². The average molecular weight is 211 g/mol. The lowest BCUT2D eigenvalue weighted by atomic mass is 10.2. The zero-order valence-corrected chi connectivity index (χ0v) is 9.33. The standard InChI is InChI=1S/C10H17N3O2/c1-4-8(11)5-12-10(14)9-6(2)13-15-7(9)3/h8H,4-5,11H2,1-3H3,(H,12,14). The van der Waals surface area contributed by atoms with Crippen molar-refractivity contribution in [2.45, 2.75) is 33.2 Å². The van der Waals surface area contributed by atoms with E-state index in [0.29, 0.717) is 23.6 Å². The van der Waals surface area contributed by atoms with E-state index in [2.05, 4.69) is 10.5 Å². The summed E-state index contributed by atoms with van der Waals surface area (Å²) in [6.07, 6.45) is 0.835. The van der Waals surface area contributed by atoms with Crippen LogP contribution in [0.1, 0.15) is 35.2 Å². The smallest absolute Gasteiger partial charge is 0.256 e. The van der Waals surface area contributed by atoms with Crippen molar-refractivity contribution in [1.29, 1.82) is 0 Å². The van der Waals surface area contributed by atoms with Gasteiger partial charge in [0.15, 0.2) is 0 Å². The lowest BCUT2D eigenvalue weighted by Crippen LogP contribution is -2.37. The van der Waals surface area contributed by atoms with Gasteiger partial charge in [-0.1, -0.05) is 12.1 Å². The summed E-state index contributed by atoms with van der Waals surface area (Å²) in [5, 5.41) is 6.47. The van der Waals surface area contributed by atoms with Crippen molar-refractivity contribution in [3.8, 4) is 0 Å². The van der Waals surface area contributed by atoms with Crippen molar-refractivity contribution in [2.75, 3.05) is 6.54 Å². The highest BCUT2D eigenvalue weighted by Gasteiger charge is 2.17. The van der Waals surface area contributed by atoms with Crippen LogP contribution in [-0.2, 0) is 0 Å². The summed E-state index contributed by atoms with van der Waals surface area (Å²) < 4.78 is 4.91. The van der Waals surface area contributed by atoms with E-state index in [1.54, 1.807) is 13.8 Å². The summed E-state index contributed by atoms with van der Waals surface area (Å²) in [4.78, 5) is 11.7. The monoisotopic (exact) mass is 211 g/mol. The van der Waals surface area contributed by atoms with Gasteiger partial charge < -0.3 is 15.6 Å². The Balaban J connectivity index is 2.62. The Bertz CT molecular complexity index is 327. The highest BCUT2D eigenvalue weighted by atomic mass is 16.5. The zero-order chi connectivity index (χ0) is 11.4. The molecule has 5 nitrogen and oxygen atoms in total. The van der Waals surface area contributed by atoms with Gasteiger partial charge in [-0.2, -0.15) is 0 Å². The number of amides is 1. The maximum Gasteiger partial charge on any atom is 0.256 e. The summed E-state index contributed by atoms with van der Waals surface area (Å²) in [5.74, 6) is 0.366. The molecular formula is C10H17N3O2. The molecule has 1 heterocycles. The predicted molar refractivity (Wildman–Crippen MR) is 56.6 cm³/mol. The molecule has 0 aliphatic heterocycles. The number of hydrogen-bond acceptors (Lipinski definition) is 4. The molecule has 0 aromatic carbocycles. The lowest BCUT2D eigenvalue weighted by Gasteiger charge is -2.09. The molecule has 1 aromatic rings. The minimum absolute atomic E-state index is 0.00516. The third-order valence-electron chi connectivity index (χ3n) is 2.31. The van der Waals surface area contributed by atoms with Crippen LogP contribution in [0.5, 0.6) is 0 Å². The molecule has 84 valence electrons. The van der Waals surface area contributed by atoms with Crippen LogP contribution in [0.25, 0.3) is 0 Å². The van der Waals surface area contributed by atoms with Gasteiger partial charge in [0.25, 0.3) is 5.91 Å². The summed E-state index contributed by atoms with van der Waals surface area (Å²) >= 11 is 0. The number of hydrogen-bond donors (Lipinski definition) is 2. The maximum atomic E-state index is 11.7. The molecule has 0 spiro atoms. The molecule has 1 atom stereocenters. The van der Waals surface area contributed by atoms with E-state index < -0.39 is 0 Å². The highest BCUT2D eigenvalue weighted by Crippen LogP contribution is 2.11. The van der Waals surface area contributed by atoms with Gasteiger partial charge in [0.2, 0.25) is 0 Å². The molecule has 0 saturated carbocycles. The molecule has 0 radical (unpaired) electrons. The Labute approximate surface area is 89.0 Å². The van der Waals surface area contributed by atoms with Crippen LogP contribution >= 0.6 is 0 Å². The molecule has 1 aromatic heterocycles. The molecule has 15 heavy (non-hydrogen) atoms. The fourth-order valence-corrected chi connectivity index (χ4v) is 1.26. The molecule has 1 amide bonds. The topological polar surface area (TPSA) is 81.1 Å². The van der Waals surface area contributed by atoms with Crippen molar-refractivity contribution in [2.24, 2.45) is 5.73 Å². The van der Waals surface area contributed by atoms with Crippen molar-refractivity contribution < 1.29 is 9.32 Å². The fourth-order valence-electron chi connectivity index (χ4n) is 1.26. The molecular weight excluding hydrogens is 194 g/mol. The van der Waals surface area contributed by atoms with Crippen LogP contribution < -0.4 is 11.1 Å². The molecule has 0 fully saturated rings. The first-order valence-electron chi connectivity index (χ1n) is 5.02. The van der Waals surface area contributed by atoms with Crippen LogP contribution in [0.2, 0.25) is 0 Å².